The van der Waals surface area contributed by atoms with Crippen molar-refractivity contribution >= 4 is 15.7 Å². The van der Waals surface area contributed by atoms with E-state index in [1.807, 2.05) is 0 Å². The molecular weight excluding hydrogens is 279 g/mol. The van der Waals surface area contributed by atoms with E-state index >= 15 is 0 Å². The second-order valence-electron chi connectivity index (χ2n) is 4.48. The quantitative estimate of drug-likeness (QED) is 0.849. The average Bonchev–Trinajstić information content (AvgIpc) is 2.36. The topological polar surface area (TPSA) is 72.2 Å². The van der Waals surface area contributed by atoms with Crippen molar-refractivity contribution in [2.24, 2.45) is 0 Å². The predicted molar refractivity (Wildman–Crippen MR) is 76.0 cm³/mol. The van der Waals surface area contributed by atoms with Crippen molar-refractivity contribution in [1.29, 1.82) is 0 Å². The second-order valence-corrected chi connectivity index (χ2v) is 6.21. The van der Waals surface area contributed by atoms with Gasteiger partial charge in [-0.05, 0) is 48.4 Å². The van der Waals surface area contributed by atoms with Gasteiger partial charge in [-0.15, -0.1) is 0 Å². The molecule has 0 atom stereocenters. The summed E-state index contributed by atoms with van der Waals surface area (Å²) in [6, 6.07) is 10.4. The summed E-state index contributed by atoms with van der Waals surface area (Å²) in [6.45, 7) is 1.71. The summed E-state index contributed by atoms with van der Waals surface area (Å²) in [4.78, 5) is 0.170. The molecule has 0 spiro atoms. The molecule has 0 saturated heterocycles. The number of hydrogen-bond acceptors (Lipinski definition) is 3. The zero-order chi connectivity index (χ0) is 14.8. The van der Waals surface area contributed by atoms with Gasteiger partial charge in [0.15, 0.2) is 0 Å². The van der Waals surface area contributed by atoms with Crippen LogP contribution in [0.3, 0.4) is 0 Å². The zero-order valence-electron chi connectivity index (χ0n) is 10.9. The lowest BCUT2D eigenvalue weighted by Crippen LogP contribution is -2.24. The number of aryl methyl sites for hydroxylation is 1. The van der Waals surface area contributed by atoms with E-state index in [9.17, 15) is 12.8 Å². The Balaban J connectivity index is 2.19. The van der Waals surface area contributed by atoms with Gasteiger partial charge >= 0.3 is 0 Å². The summed E-state index contributed by atoms with van der Waals surface area (Å²) in [5, 5.41) is 0. The lowest BCUT2D eigenvalue weighted by molar-refractivity contribution is 0.579. The molecule has 3 N–H and O–H groups in total. The van der Waals surface area contributed by atoms with Crippen LogP contribution in [0, 0.1) is 12.7 Å². The van der Waals surface area contributed by atoms with Gasteiger partial charge in [-0.3, -0.25) is 0 Å². The van der Waals surface area contributed by atoms with Crippen LogP contribution in [0.2, 0.25) is 0 Å². The Morgan fingerprint density at radius 3 is 2.60 bits per heavy atom. The Labute approximate surface area is 117 Å². The van der Waals surface area contributed by atoms with E-state index in [0.29, 0.717) is 16.8 Å². The lowest BCUT2D eigenvalue weighted by atomic mass is 10.2. The van der Waals surface area contributed by atoms with E-state index in [1.54, 1.807) is 19.1 Å². The Hall–Kier alpha value is -1.92. The number of rotatable bonds is 4. The Bertz CT molecular complexity index is 730. The maximum Gasteiger partial charge on any atom is 0.241 e. The molecule has 0 saturated carbocycles. The van der Waals surface area contributed by atoms with Crippen LogP contribution in [0.1, 0.15) is 11.1 Å². The van der Waals surface area contributed by atoms with E-state index in [2.05, 4.69) is 4.72 Å². The van der Waals surface area contributed by atoms with Crippen LogP contribution in [-0.4, -0.2) is 8.42 Å². The first-order valence-electron chi connectivity index (χ1n) is 5.99. The number of nitrogens with one attached hydrogen (secondary N) is 1. The van der Waals surface area contributed by atoms with E-state index < -0.39 is 15.8 Å². The van der Waals surface area contributed by atoms with Crippen LogP contribution in [0.25, 0.3) is 0 Å². The number of nitrogen functional groups attached to an aromatic ring is 1. The first-order valence-corrected chi connectivity index (χ1v) is 7.47. The minimum absolute atomic E-state index is 0.0317. The molecule has 0 aliphatic carbocycles. The fourth-order valence-corrected chi connectivity index (χ4v) is 3.12. The molecule has 2 rings (SSSR count). The summed E-state index contributed by atoms with van der Waals surface area (Å²) < 4.78 is 39.8. The maximum atomic E-state index is 13.0. The maximum absolute atomic E-state index is 13.0. The molecule has 4 nitrogen and oxygen atoms in total. The molecule has 0 bridgehead atoms. The van der Waals surface area contributed by atoms with Gasteiger partial charge in [0, 0.05) is 12.2 Å². The molecule has 0 heterocycles. The van der Waals surface area contributed by atoms with E-state index in [-0.39, 0.29) is 11.4 Å². The van der Waals surface area contributed by atoms with Crippen LogP contribution in [-0.2, 0) is 16.6 Å². The minimum Gasteiger partial charge on any atom is -0.399 e. The normalized spacial score (nSPS) is 11.5. The highest BCUT2D eigenvalue weighted by molar-refractivity contribution is 7.89. The Kier molecular flexibility index (Phi) is 4.06. The van der Waals surface area contributed by atoms with Crippen LogP contribution >= 0.6 is 0 Å². The first-order chi connectivity index (χ1) is 9.38. The monoisotopic (exact) mass is 294 g/mol. The summed E-state index contributed by atoms with van der Waals surface area (Å²) in [6.07, 6.45) is 0. The van der Waals surface area contributed by atoms with Gasteiger partial charge in [-0.1, -0.05) is 12.1 Å². The Morgan fingerprint density at radius 2 is 1.95 bits per heavy atom. The van der Waals surface area contributed by atoms with E-state index in [4.69, 9.17) is 5.73 Å². The van der Waals surface area contributed by atoms with Gasteiger partial charge in [0.1, 0.15) is 5.82 Å². The fourth-order valence-electron chi connectivity index (χ4n) is 1.88. The van der Waals surface area contributed by atoms with Gasteiger partial charge in [0.25, 0.3) is 0 Å². The number of halogens is 1. The summed E-state index contributed by atoms with van der Waals surface area (Å²) in [5.74, 6) is -0.398. The van der Waals surface area contributed by atoms with Gasteiger partial charge in [0.2, 0.25) is 10.0 Å². The van der Waals surface area contributed by atoms with Crippen molar-refractivity contribution in [3.63, 3.8) is 0 Å². The van der Waals surface area contributed by atoms with Crippen LogP contribution in [0.15, 0.2) is 47.4 Å². The van der Waals surface area contributed by atoms with Crippen molar-refractivity contribution in [2.75, 3.05) is 5.73 Å². The van der Waals surface area contributed by atoms with Crippen LogP contribution < -0.4 is 10.5 Å². The molecule has 20 heavy (non-hydrogen) atoms. The highest BCUT2D eigenvalue weighted by Crippen LogP contribution is 2.18. The first kappa shape index (κ1) is 14.5. The molecule has 2 aromatic rings. The summed E-state index contributed by atoms with van der Waals surface area (Å²) in [7, 11) is -3.65. The van der Waals surface area contributed by atoms with Crippen molar-refractivity contribution in [2.45, 2.75) is 18.4 Å². The number of sulfonamides is 1. The number of anilines is 1. The van der Waals surface area contributed by atoms with Crippen molar-refractivity contribution in [3.05, 3.63) is 59.4 Å². The molecule has 0 unspecified atom stereocenters. The van der Waals surface area contributed by atoms with E-state index in [0.717, 1.165) is 0 Å². The molecular formula is C14H15FN2O2S. The summed E-state index contributed by atoms with van der Waals surface area (Å²) in [5.41, 5.74) is 7.23. The Morgan fingerprint density at radius 1 is 1.20 bits per heavy atom. The number of benzene rings is 2. The highest BCUT2D eigenvalue weighted by Gasteiger charge is 2.16. The zero-order valence-corrected chi connectivity index (χ0v) is 11.7. The van der Waals surface area contributed by atoms with Crippen LogP contribution in [0.5, 0.6) is 0 Å². The predicted octanol–water partition coefficient (Wildman–Crippen LogP) is 2.19. The minimum atomic E-state index is -3.65. The smallest absolute Gasteiger partial charge is 0.241 e. The molecule has 0 fully saturated rings. The third-order valence-electron chi connectivity index (χ3n) is 2.84. The molecule has 106 valence electrons. The molecule has 0 aliphatic rings. The average molecular weight is 294 g/mol. The van der Waals surface area contributed by atoms with Crippen molar-refractivity contribution < 1.29 is 12.8 Å². The third kappa shape index (κ3) is 3.34. The molecule has 0 radical (unpaired) electrons. The molecule has 2 aromatic carbocycles. The third-order valence-corrected chi connectivity index (χ3v) is 4.41. The number of nitrogens with two attached hydrogens (primary N) is 1. The fraction of sp³-hybridized carbons (Fsp3) is 0.143. The highest BCUT2D eigenvalue weighted by atomic mass is 32.2. The molecule has 0 aliphatic heterocycles. The molecule has 6 heteroatoms. The number of hydrogen-bond donors (Lipinski definition) is 2. The van der Waals surface area contributed by atoms with Crippen LogP contribution in [0.4, 0.5) is 10.1 Å². The SMILES string of the molecule is Cc1cc(N)ccc1S(=O)(=O)NCc1cccc(F)c1. The standard InChI is InChI=1S/C14H15FN2O2S/c1-10-7-13(16)5-6-14(10)20(18,19)17-9-11-3-2-4-12(15)8-11/h2-8,17H,9,16H2,1H3. The van der Waals surface area contributed by atoms with Crippen molar-refractivity contribution in [3.8, 4) is 0 Å². The van der Waals surface area contributed by atoms with Gasteiger partial charge in [0.05, 0.1) is 4.90 Å². The lowest BCUT2D eigenvalue weighted by Gasteiger charge is -2.10. The largest absolute Gasteiger partial charge is 0.399 e. The van der Waals surface area contributed by atoms with Gasteiger partial charge in [-0.25, -0.2) is 17.5 Å². The van der Waals surface area contributed by atoms with Gasteiger partial charge < -0.3 is 5.73 Å². The van der Waals surface area contributed by atoms with E-state index in [1.165, 1.54) is 30.3 Å². The molecule has 0 aromatic heterocycles. The second kappa shape index (κ2) is 5.60. The van der Waals surface area contributed by atoms with Gasteiger partial charge in [-0.2, -0.15) is 0 Å². The summed E-state index contributed by atoms with van der Waals surface area (Å²) >= 11 is 0. The molecule has 0 amide bonds. The van der Waals surface area contributed by atoms with Crippen molar-refractivity contribution in [1.82, 2.24) is 4.72 Å².